The van der Waals surface area contributed by atoms with Crippen molar-refractivity contribution in [2.75, 3.05) is 5.32 Å². The summed E-state index contributed by atoms with van der Waals surface area (Å²) >= 11 is 0. The third-order valence-electron chi connectivity index (χ3n) is 4.15. The van der Waals surface area contributed by atoms with E-state index in [1.807, 2.05) is 24.3 Å². The number of nitriles is 1. The number of amides is 1. The van der Waals surface area contributed by atoms with Crippen LogP contribution in [0.1, 0.15) is 44.2 Å². The molecule has 0 unspecified atom stereocenters. The van der Waals surface area contributed by atoms with Crippen molar-refractivity contribution in [2.45, 2.75) is 19.3 Å². The molecular weight excluding hydrogens is 358 g/mol. The van der Waals surface area contributed by atoms with Crippen molar-refractivity contribution >= 4 is 17.6 Å². The molecular formula is C21H17N3O4. The molecule has 3 aromatic rings. The maximum Gasteiger partial charge on any atom is 0.337 e. The molecule has 7 nitrogen and oxygen atoms in total. The Bertz CT molecular complexity index is 1040. The van der Waals surface area contributed by atoms with Gasteiger partial charge in [0, 0.05) is 12.5 Å². The lowest BCUT2D eigenvalue weighted by Crippen LogP contribution is -2.15. The lowest BCUT2D eigenvalue weighted by atomic mass is 10.1. The molecule has 3 rings (SSSR count). The molecule has 0 fully saturated rings. The number of carbonyl (C=O) groups is 2. The molecule has 0 aliphatic rings. The number of hydrogen-bond donors (Lipinski definition) is 2. The molecule has 0 aliphatic heterocycles. The van der Waals surface area contributed by atoms with E-state index in [2.05, 4.69) is 22.6 Å². The Balaban J connectivity index is 1.63. The molecule has 0 bridgehead atoms. The van der Waals surface area contributed by atoms with Crippen LogP contribution in [-0.2, 0) is 12.8 Å². The number of carbonyl (C=O) groups excluding carboxylic acids is 1. The van der Waals surface area contributed by atoms with Crippen LogP contribution in [0, 0.1) is 11.3 Å². The van der Waals surface area contributed by atoms with Crippen molar-refractivity contribution in [3.8, 4) is 6.07 Å². The minimum absolute atomic E-state index is 0.0652. The van der Waals surface area contributed by atoms with Crippen molar-refractivity contribution in [3.63, 3.8) is 0 Å². The third kappa shape index (κ3) is 4.62. The first-order valence-electron chi connectivity index (χ1n) is 8.65. The Morgan fingerprint density at radius 2 is 1.89 bits per heavy atom. The number of hydrogen-bond acceptors (Lipinski definition) is 5. The van der Waals surface area contributed by atoms with Crippen molar-refractivity contribution in [3.05, 3.63) is 82.7 Å². The van der Waals surface area contributed by atoms with E-state index in [0.29, 0.717) is 12.2 Å². The van der Waals surface area contributed by atoms with Gasteiger partial charge in [-0.3, -0.25) is 4.79 Å². The van der Waals surface area contributed by atoms with Crippen LogP contribution in [-0.4, -0.2) is 22.1 Å². The highest BCUT2D eigenvalue weighted by Crippen LogP contribution is 2.19. The molecule has 0 spiro atoms. The van der Waals surface area contributed by atoms with Crippen LogP contribution >= 0.6 is 0 Å². The van der Waals surface area contributed by atoms with Gasteiger partial charge in [0.05, 0.1) is 22.9 Å². The van der Waals surface area contributed by atoms with Gasteiger partial charge in [-0.2, -0.15) is 5.26 Å². The third-order valence-corrected chi connectivity index (χ3v) is 4.15. The van der Waals surface area contributed by atoms with Crippen LogP contribution in [0.5, 0.6) is 0 Å². The fourth-order valence-corrected chi connectivity index (χ4v) is 2.74. The van der Waals surface area contributed by atoms with Gasteiger partial charge in [0.25, 0.3) is 5.91 Å². The molecule has 140 valence electrons. The lowest BCUT2D eigenvalue weighted by molar-refractivity contribution is 0.0698. The second-order valence-electron chi connectivity index (χ2n) is 6.15. The minimum atomic E-state index is -1.24. The molecule has 0 atom stereocenters. The first kappa shape index (κ1) is 18.9. The Morgan fingerprint density at radius 1 is 1.11 bits per heavy atom. The lowest BCUT2D eigenvalue weighted by Gasteiger charge is -2.07. The predicted octanol–water partition coefficient (Wildman–Crippen LogP) is 3.67. The van der Waals surface area contributed by atoms with Gasteiger partial charge in [0.1, 0.15) is 5.76 Å². The number of rotatable bonds is 7. The average molecular weight is 375 g/mol. The largest absolute Gasteiger partial charge is 0.478 e. The van der Waals surface area contributed by atoms with E-state index in [1.165, 1.54) is 23.8 Å². The van der Waals surface area contributed by atoms with Gasteiger partial charge < -0.3 is 14.9 Å². The van der Waals surface area contributed by atoms with E-state index in [4.69, 9.17) is 9.78 Å². The van der Waals surface area contributed by atoms with Crippen molar-refractivity contribution in [2.24, 2.45) is 0 Å². The van der Waals surface area contributed by atoms with E-state index >= 15 is 0 Å². The highest BCUT2D eigenvalue weighted by molar-refractivity contribution is 6.06. The second kappa shape index (κ2) is 8.64. The number of nitrogens with one attached hydrogen (secondary N) is 1. The molecule has 28 heavy (non-hydrogen) atoms. The van der Waals surface area contributed by atoms with Crippen LogP contribution in [0.2, 0.25) is 0 Å². The van der Waals surface area contributed by atoms with Crippen LogP contribution in [0.25, 0.3) is 0 Å². The Labute approximate surface area is 161 Å². The van der Waals surface area contributed by atoms with E-state index in [-0.39, 0.29) is 22.5 Å². The molecule has 2 N–H and O–H groups in total. The zero-order valence-electron chi connectivity index (χ0n) is 14.9. The Morgan fingerprint density at radius 3 is 2.61 bits per heavy atom. The predicted molar refractivity (Wildman–Crippen MR) is 101 cm³/mol. The smallest absolute Gasteiger partial charge is 0.337 e. The molecule has 7 heteroatoms. The molecule has 0 radical (unpaired) electrons. The highest BCUT2D eigenvalue weighted by atomic mass is 16.5. The van der Waals surface area contributed by atoms with Crippen molar-refractivity contribution in [1.82, 2.24) is 5.16 Å². The number of aromatic carboxylic acids is 1. The van der Waals surface area contributed by atoms with E-state index in [0.717, 1.165) is 12.8 Å². The minimum Gasteiger partial charge on any atom is -0.478 e. The van der Waals surface area contributed by atoms with Gasteiger partial charge in [-0.1, -0.05) is 35.5 Å². The maximum atomic E-state index is 12.4. The summed E-state index contributed by atoms with van der Waals surface area (Å²) in [6.45, 7) is 0. The van der Waals surface area contributed by atoms with E-state index < -0.39 is 11.9 Å². The number of anilines is 1. The van der Waals surface area contributed by atoms with Crippen molar-refractivity contribution < 1.29 is 19.2 Å². The summed E-state index contributed by atoms with van der Waals surface area (Å²) in [7, 11) is 0. The summed E-state index contributed by atoms with van der Waals surface area (Å²) < 4.78 is 5.21. The number of benzene rings is 2. The molecule has 0 aliphatic carbocycles. The highest BCUT2D eigenvalue weighted by Gasteiger charge is 2.17. The van der Waals surface area contributed by atoms with Crippen molar-refractivity contribution in [1.29, 1.82) is 5.26 Å². The molecule has 2 aromatic carbocycles. The topological polar surface area (TPSA) is 116 Å². The fourth-order valence-electron chi connectivity index (χ4n) is 2.74. The summed E-state index contributed by atoms with van der Waals surface area (Å²) in [5.41, 5.74) is 1.40. The van der Waals surface area contributed by atoms with Crippen LogP contribution in [0.3, 0.4) is 0 Å². The van der Waals surface area contributed by atoms with Gasteiger partial charge in [-0.25, -0.2) is 4.79 Å². The number of carboxylic acid groups (broad SMARTS) is 1. The van der Waals surface area contributed by atoms with E-state index in [1.54, 1.807) is 6.07 Å². The molecule has 1 heterocycles. The van der Waals surface area contributed by atoms with Gasteiger partial charge >= 0.3 is 5.97 Å². The number of aryl methyl sites for hydroxylation is 2. The number of carboxylic acids is 1. The summed E-state index contributed by atoms with van der Waals surface area (Å²) in [6.07, 6.45) is 2.36. The van der Waals surface area contributed by atoms with E-state index in [9.17, 15) is 14.7 Å². The standard InChI is InChI=1S/C21H17N3O4/c22-13-15-9-10-18(17(11-15)21(26)27)23-20(25)19-12-16(28-24-19)8-4-7-14-5-2-1-3-6-14/h1-3,5-6,9-12H,4,7-8H2,(H,23,25)(H,26,27). The van der Waals surface area contributed by atoms with Crippen LogP contribution < -0.4 is 5.32 Å². The fraction of sp³-hybridized carbons (Fsp3) is 0.143. The zero-order chi connectivity index (χ0) is 19.9. The number of nitrogens with zero attached hydrogens (tertiary/aromatic N) is 2. The summed E-state index contributed by atoms with van der Waals surface area (Å²) in [5.74, 6) is -1.24. The SMILES string of the molecule is N#Cc1ccc(NC(=O)c2cc(CCCc3ccccc3)on2)c(C(=O)O)c1. The van der Waals surface area contributed by atoms with Gasteiger partial charge in [-0.15, -0.1) is 0 Å². The first-order chi connectivity index (χ1) is 13.6. The molecule has 1 amide bonds. The normalized spacial score (nSPS) is 10.2. The Kier molecular flexibility index (Phi) is 5.82. The molecule has 0 saturated carbocycles. The summed E-state index contributed by atoms with van der Waals surface area (Å²) in [5, 5.41) is 24.4. The van der Waals surface area contributed by atoms with Crippen LogP contribution in [0.4, 0.5) is 5.69 Å². The quantitative estimate of drug-likeness (QED) is 0.651. The maximum absolute atomic E-state index is 12.4. The van der Waals surface area contributed by atoms with Gasteiger partial charge in [0.15, 0.2) is 5.69 Å². The second-order valence-corrected chi connectivity index (χ2v) is 6.15. The molecule has 1 aromatic heterocycles. The van der Waals surface area contributed by atoms with Crippen LogP contribution in [0.15, 0.2) is 59.1 Å². The van der Waals surface area contributed by atoms with Gasteiger partial charge in [0.2, 0.25) is 0 Å². The first-order valence-corrected chi connectivity index (χ1v) is 8.65. The monoisotopic (exact) mass is 375 g/mol. The summed E-state index contributed by atoms with van der Waals surface area (Å²) in [4.78, 5) is 23.7. The molecule has 0 saturated heterocycles. The average Bonchev–Trinajstić information content (AvgIpc) is 3.18. The number of aromatic nitrogens is 1. The Hall–Kier alpha value is -3.92. The van der Waals surface area contributed by atoms with Gasteiger partial charge in [-0.05, 0) is 36.6 Å². The summed E-state index contributed by atoms with van der Waals surface area (Å²) in [6, 6.07) is 17.5. The zero-order valence-corrected chi connectivity index (χ0v) is 14.9.